The number of aromatic carboxylic acids is 1. The van der Waals surface area contributed by atoms with Crippen molar-refractivity contribution in [3.8, 4) is 0 Å². The van der Waals surface area contributed by atoms with E-state index in [-0.39, 0.29) is 5.56 Å². The van der Waals surface area contributed by atoms with E-state index in [0.29, 0.717) is 6.07 Å². The van der Waals surface area contributed by atoms with Crippen LogP contribution in [0.25, 0.3) is 0 Å². The van der Waals surface area contributed by atoms with Crippen molar-refractivity contribution in [2.75, 3.05) is 7.05 Å². The van der Waals surface area contributed by atoms with E-state index in [9.17, 15) is 22.4 Å². The van der Waals surface area contributed by atoms with Crippen LogP contribution < -0.4 is 10.0 Å². The number of carbonyl (C=O) groups is 2. The number of carboxylic acid groups (broad SMARTS) is 1. The van der Waals surface area contributed by atoms with Gasteiger partial charge < -0.3 is 10.4 Å². The molecule has 0 aliphatic carbocycles. The summed E-state index contributed by atoms with van der Waals surface area (Å²) in [6.07, 6.45) is 0. The average Bonchev–Trinajstić information content (AvgIpc) is 2.39. The average molecular weight is 318 g/mol. The minimum Gasteiger partial charge on any atom is -0.478 e. The highest BCUT2D eigenvalue weighted by atomic mass is 32.2. The predicted octanol–water partition coefficient (Wildman–Crippen LogP) is 0.245. The van der Waals surface area contributed by atoms with Crippen LogP contribution in [0.15, 0.2) is 17.0 Å². The molecule has 0 aliphatic rings. The minimum absolute atomic E-state index is 0.122. The van der Waals surface area contributed by atoms with Gasteiger partial charge in [0.1, 0.15) is 5.82 Å². The van der Waals surface area contributed by atoms with Gasteiger partial charge in [-0.25, -0.2) is 17.6 Å². The quantitative estimate of drug-likeness (QED) is 0.720. The Morgan fingerprint density at radius 3 is 2.38 bits per heavy atom. The van der Waals surface area contributed by atoms with Gasteiger partial charge in [-0.3, -0.25) is 4.79 Å². The number of aryl methyl sites for hydroxylation is 1. The lowest BCUT2D eigenvalue weighted by Crippen LogP contribution is -2.43. The summed E-state index contributed by atoms with van der Waals surface area (Å²) in [6, 6.07) is 0.656. The van der Waals surface area contributed by atoms with Gasteiger partial charge in [0, 0.05) is 7.05 Å². The van der Waals surface area contributed by atoms with Crippen molar-refractivity contribution in [2.45, 2.75) is 24.8 Å². The highest BCUT2D eigenvalue weighted by Gasteiger charge is 2.24. The molecule has 116 valence electrons. The van der Waals surface area contributed by atoms with E-state index in [1.807, 2.05) is 0 Å². The molecule has 1 rings (SSSR count). The van der Waals surface area contributed by atoms with Crippen LogP contribution in [-0.4, -0.2) is 38.5 Å². The molecule has 0 aliphatic heterocycles. The molecule has 0 radical (unpaired) electrons. The van der Waals surface area contributed by atoms with Crippen LogP contribution in [0, 0.1) is 12.7 Å². The second-order valence-corrected chi connectivity index (χ2v) is 6.08. The van der Waals surface area contributed by atoms with Gasteiger partial charge in [-0.05, 0) is 31.5 Å². The minimum atomic E-state index is -4.15. The molecule has 0 aromatic heterocycles. The summed E-state index contributed by atoms with van der Waals surface area (Å²) < 4.78 is 39.9. The Kier molecular flexibility index (Phi) is 5.02. The van der Waals surface area contributed by atoms with Crippen LogP contribution in [0.3, 0.4) is 0 Å². The van der Waals surface area contributed by atoms with Gasteiger partial charge in [0.25, 0.3) is 0 Å². The van der Waals surface area contributed by atoms with Crippen LogP contribution in [-0.2, 0) is 14.8 Å². The van der Waals surface area contributed by atoms with E-state index in [1.54, 1.807) is 0 Å². The van der Waals surface area contributed by atoms with E-state index >= 15 is 0 Å². The molecule has 1 unspecified atom stereocenters. The molecule has 1 aromatic rings. The van der Waals surface area contributed by atoms with Gasteiger partial charge in [-0.1, -0.05) is 0 Å². The third-order valence-corrected chi connectivity index (χ3v) is 4.26. The zero-order valence-electron chi connectivity index (χ0n) is 11.6. The Balaban J connectivity index is 3.27. The first-order valence-corrected chi connectivity index (χ1v) is 7.35. The molecule has 9 heteroatoms. The normalized spacial score (nSPS) is 12.8. The number of halogens is 1. The van der Waals surface area contributed by atoms with E-state index in [2.05, 4.69) is 10.0 Å². The number of sulfonamides is 1. The number of carbonyl (C=O) groups excluding carboxylic acids is 1. The first-order chi connectivity index (χ1) is 9.60. The van der Waals surface area contributed by atoms with Gasteiger partial charge in [0.15, 0.2) is 0 Å². The molecule has 0 saturated carbocycles. The third-order valence-electron chi connectivity index (χ3n) is 2.74. The van der Waals surface area contributed by atoms with Crippen molar-refractivity contribution in [3.05, 3.63) is 29.1 Å². The molecule has 7 nitrogen and oxygen atoms in total. The van der Waals surface area contributed by atoms with E-state index in [0.717, 1.165) is 6.07 Å². The van der Waals surface area contributed by atoms with Crippen molar-refractivity contribution < 1.29 is 27.5 Å². The summed E-state index contributed by atoms with van der Waals surface area (Å²) in [5.41, 5.74) is -0.870. The first-order valence-electron chi connectivity index (χ1n) is 5.87. The molecule has 21 heavy (non-hydrogen) atoms. The topological polar surface area (TPSA) is 113 Å². The highest BCUT2D eigenvalue weighted by Crippen LogP contribution is 2.19. The summed E-state index contributed by atoms with van der Waals surface area (Å²) in [6.45, 7) is 2.58. The number of hydrogen-bond donors (Lipinski definition) is 3. The molecule has 0 spiro atoms. The number of amides is 1. The number of nitrogens with one attached hydrogen (secondary N) is 2. The summed E-state index contributed by atoms with van der Waals surface area (Å²) in [7, 11) is -2.81. The fourth-order valence-corrected chi connectivity index (χ4v) is 2.93. The lowest BCUT2D eigenvalue weighted by Gasteiger charge is -2.14. The number of carboxylic acids is 1. The predicted molar refractivity (Wildman–Crippen MR) is 71.9 cm³/mol. The number of hydrogen-bond acceptors (Lipinski definition) is 4. The van der Waals surface area contributed by atoms with Crippen molar-refractivity contribution >= 4 is 21.9 Å². The van der Waals surface area contributed by atoms with Gasteiger partial charge >= 0.3 is 5.97 Å². The second-order valence-electron chi connectivity index (χ2n) is 4.36. The molecule has 1 amide bonds. The molecular formula is C12H15FN2O5S. The van der Waals surface area contributed by atoms with Crippen LogP contribution in [0.4, 0.5) is 4.39 Å². The van der Waals surface area contributed by atoms with Crippen molar-refractivity contribution in [3.63, 3.8) is 0 Å². The van der Waals surface area contributed by atoms with Crippen LogP contribution >= 0.6 is 0 Å². The number of likely N-dealkylation sites (N-methyl/N-ethyl adjacent to an activating group) is 1. The largest absolute Gasteiger partial charge is 0.478 e. The molecule has 1 atom stereocenters. The monoisotopic (exact) mass is 318 g/mol. The van der Waals surface area contributed by atoms with Gasteiger partial charge in [-0.2, -0.15) is 4.72 Å². The fraction of sp³-hybridized carbons (Fsp3) is 0.333. The Bertz CT molecular complexity index is 687. The van der Waals surface area contributed by atoms with Gasteiger partial charge in [0.05, 0.1) is 16.5 Å². The van der Waals surface area contributed by atoms with E-state index in [1.165, 1.54) is 20.9 Å². The maximum Gasteiger partial charge on any atom is 0.338 e. The number of rotatable bonds is 5. The Morgan fingerprint density at radius 1 is 1.33 bits per heavy atom. The Hall–Kier alpha value is -2.00. The molecule has 0 heterocycles. The summed E-state index contributed by atoms with van der Waals surface area (Å²) in [4.78, 5) is 21.8. The maximum atomic E-state index is 13.6. The molecule has 1 aromatic carbocycles. The van der Waals surface area contributed by atoms with E-state index < -0.39 is 44.2 Å². The van der Waals surface area contributed by atoms with Gasteiger partial charge in [0.2, 0.25) is 15.9 Å². The highest BCUT2D eigenvalue weighted by molar-refractivity contribution is 7.89. The lowest BCUT2D eigenvalue weighted by molar-refractivity contribution is -0.121. The number of benzene rings is 1. The zero-order valence-corrected chi connectivity index (χ0v) is 12.4. The summed E-state index contributed by atoms with van der Waals surface area (Å²) in [5.74, 6) is -3.14. The summed E-state index contributed by atoms with van der Waals surface area (Å²) in [5, 5.41) is 11.1. The Morgan fingerprint density at radius 2 is 1.90 bits per heavy atom. The second kappa shape index (κ2) is 6.19. The fourth-order valence-electron chi connectivity index (χ4n) is 1.62. The SMILES string of the molecule is CNC(=O)C(C)NS(=O)(=O)c1cc(C)c(F)c(C(=O)O)c1. The van der Waals surface area contributed by atoms with Gasteiger partial charge in [-0.15, -0.1) is 0 Å². The molecular weight excluding hydrogens is 303 g/mol. The third kappa shape index (κ3) is 3.76. The maximum absolute atomic E-state index is 13.6. The first kappa shape index (κ1) is 17.1. The smallest absolute Gasteiger partial charge is 0.338 e. The lowest BCUT2D eigenvalue weighted by atomic mass is 10.1. The molecule has 0 fully saturated rings. The van der Waals surface area contributed by atoms with Crippen molar-refractivity contribution in [1.29, 1.82) is 0 Å². The molecule has 0 saturated heterocycles. The van der Waals surface area contributed by atoms with Crippen molar-refractivity contribution in [2.24, 2.45) is 0 Å². The zero-order chi connectivity index (χ0) is 16.4. The summed E-state index contributed by atoms with van der Waals surface area (Å²) >= 11 is 0. The molecule has 0 bridgehead atoms. The standard InChI is InChI=1S/C12H15FN2O5S/c1-6-4-8(5-9(10(6)13)12(17)18)21(19,20)15-7(2)11(16)14-3/h4-5,7,15H,1-3H3,(H,14,16)(H,17,18). The Labute approximate surface area is 121 Å². The van der Waals surface area contributed by atoms with E-state index in [4.69, 9.17) is 5.11 Å². The molecule has 3 N–H and O–H groups in total. The van der Waals surface area contributed by atoms with Crippen LogP contribution in [0.5, 0.6) is 0 Å². The van der Waals surface area contributed by atoms with Crippen LogP contribution in [0.1, 0.15) is 22.8 Å². The van der Waals surface area contributed by atoms with Crippen LogP contribution in [0.2, 0.25) is 0 Å². The van der Waals surface area contributed by atoms with Crippen molar-refractivity contribution in [1.82, 2.24) is 10.0 Å².